The van der Waals surface area contributed by atoms with Crippen molar-refractivity contribution in [1.82, 2.24) is 23.8 Å². The Morgan fingerprint density at radius 3 is 2.44 bits per heavy atom. The SMILES string of the molecule is CCCn1c(=O)c2c(nc3cc(OC)ccn32)n(CCCNC(=O)c2ccc(S(C)(=O)=O)cc2)c1=O. The lowest BCUT2D eigenvalue weighted by Crippen LogP contribution is -2.40. The summed E-state index contributed by atoms with van der Waals surface area (Å²) in [4.78, 5) is 43.4. The van der Waals surface area contributed by atoms with E-state index in [4.69, 9.17) is 4.74 Å². The number of nitrogens with zero attached hydrogens (tertiary/aromatic N) is 4. The van der Waals surface area contributed by atoms with Crippen molar-refractivity contribution in [3.8, 4) is 5.75 Å². The molecule has 36 heavy (non-hydrogen) atoms. The summed E-state index contributed by atoms with van der Waals surface area (Å²) in [5, 5.41) is 2.77. The number of nitrogens with one attached hydrogen (secondary N) is 1. The largest absolute Gasteiger partial charge is 0.497 e. The van der Waals surface area contributed by atoms with E-state index in [-0.39, 0.29) is 36.1 Å². The number of carbonyl (C=O) groups is 1. The average molecular weight is 514 g/mol. The number of rotatable bonds is 9. The first kappa shape index (κ1) is 25.2. The van der Waals surface area contributed by atoms with Crippen LogP contribution in [0.3, 0.4) is 0 Å². The highest BCUT2D eigenvalue weighted by atomic mass is 32.2. The van der Waals surface area contributed by atoms with Gasteiger partial charge in [0, 0.05) is 43.7 Å². The lowest BCUT2D eigenvalue weighted by molar-refractivity contribution is 0.0952. The van der Waals surface area contributed by atoms with Crippen LogP contribution in [0.4, 0.5) is 0 Å². The number of aromatic nitrogens is 4. The predicted octanol–water partition coefficient (Wildman–Crippen LogP) is 1.45. The van der Waals surface area contributed by atoms with Crippen LogP contribution in [0.2, 0.25) is 0 Å². The number of imidazole rings is 1. The third-order valence-electron chi connectivity index (χ3n) is 5.82. The van der Waals surface area contributed by atoms with Crippen molar-refractivity contribution in [2.75, 3.05) is 19.9 Å². The first-order chi connectivity index (χ1) is 17.2. The number of sulfone groups is 1. The van der Waals surface area contributed by atoms with Crippen molar-refractivity contribution in [2.45, 2.75) is 37.8 Å². The quantitative estimate of drug-likeness (QED) is 0.335. The van der Waals surface area contributed by atoms with Crippen LogP contribution in [-0.2, 0) is 22.9 Å². The molecule has 4 aromatic rings. The monoisotopic (exact) mass is 513 g/mol. The van der Waals surface area contributed by atoms with Crippen LogP contribution in [-0.4, -0.2) is 52.8 Å². The topological polar surface area (TPSA) is 134 Å². The maximum absolute atomic E-state index is 13.2. The van der Waals surface area contributed by atoms with Gasteiger partial charge in [0.1, 0.15) is 11.4 Å². The van der Waals surface area contributed by atoms with Crippen LogP contribution < -0.4 is 21.3 Å². The van der Waals surface area contributed by atoms with E-state index in [0.717, 1.165) is 6.26 Å². The molecule has 0 bridgehead atoms. The lowest BCUT2D eigenvalue weighted by atomic mass is 10.2. The maximum Gasteiger partial charge on any atom is 0.332 e. The molecule has 0 saturated heterocycles. The van der Waals surface area contributed by atoms with Gasteiger partial charge in [0.25, 0.3) is 11.5 Å². The molecule has 190 valence electrons. The number of ether oxygens (including phenoxy) is 1. The second-order valence-electron chi connectivity index (χ2n) is 8.38. The standard InChI is InChI=1S/C24H27N5O6S/c1-4-12-29-23(31)20-21(26-19-15-17(35-2)10-14-27(19)20)28(24(29)32)13-5-11-25-22(30)16-6-8-18(9-7-16)36(3,33)34/h6-10,14-15H,4-5,11-13H2,1-3H3,(H,25,30). The summed E-state index contributed by atoms with van der Waals surface area (Å²) in [5.74, 6) is 0.219. The van der Waals surface area contributed by atoms with Crippen molar-refractivity contribution in [1.29, 1.82) is 0 Å². The zero-order chi connectivity index (χ0) is 26.0. The van der Waals surface area contributed by atoms with Crippen molar-refractivity contribution < 1.29 is 17.9 Å². The second kappa shape index (κ2) is 9.97. The van der Waals surface area contributed by atoms with E-state index in [0.29, 0.717) is 35.3 Å². The summed E-state index contributed by atoms with van der Waals surface area (Å²) in [6.07, 6.45) is 3.80. The minimum atomic E-state index is -3.35. The van der Waals surface area contributed by atoms with Gasteiger partial charge < -0.3 is 10.1 Å². The number of hydrogen-bond donors (Lipinski definition) is 1. The number of fused-ring (bicyclic) bond motifs is 3. The molecule has 0 unspecified atom stereocenters. The zero-order valence-corrected chi connectivity index (χ0v) is 21.0. The van der Waals surface area contributed by atoms with E-state index in [1.165, 1.54) is 40.5 Å². The van der Waals surface area contributed by atoms with Gasteiger partial charge >= 0.3 is 5.69 Å². The predicted molar refractivity (Wildman–Crippen MR) is 135 cm³/mol. The molecule has 11 nitrogen and oxygen atoms in total. The molecule has 0 saturated carbocycles. The van der Waals surface area contributed by atoms with Crippen molar-refractivity contribution in [3.05, 3.63) is 69.0 Å². The fraction of sp³-hybridized carbons (Fsp3) is 0.333. The smallest absolute Gasteiger partial charge is 0.332 e. The first-order valence-corrected chi connectivity index (χ1v) is 13.3. The zero-order valence-electron chi connectivity index (χ0n) is 20.2. The minimum Gasteiger partial charge on any atom is -0.497 e. The fourth-order valence-corrected chi connectivity index (χ4v) is 4.63. The number of hydrogen-bond acceptors (Lipinski definition) is 7. The van der Waals surface area contributed by atoms with Gasteiger partial charge in [-0.3, -0.25) is 23.1 Å². The minimum absolute atomic E-state index is 0.134. The summed E-state index contributed by atoms with van der Waals surface area (Å²) < 4.78 is 32.7. The molecule has 3 aromatic heterocycles. The Labute approximate surface area is 206 Å². The van der Waals surface area contributed by atoms with E-state index in [1.807, 2.05) is 6.92 Å². The Hall–Kier alpha value is -3.93. The number of pyridine rings is 1. The first-order valence-electron chi connectivity index (χ1n) is 11.4. The molecule has 3 heterocycles. The lowest BCUT2D eigenvalue weighted by Gasteiger charge is -2.11. The summed E-state index contributed by atoms with van der Waals surface area (Å²) in [5.41, 5.74) is 0.524. The number of benzene rings is 1. The fourth-order valence-electron chi connectivity index (χ4n) is 4.00. The molecule has 0 aliphatic carbocycles. The Morgan fingerprint density at radius 1 is 1.08 bits per heavy atom. The summed E-state index contributed by atoms with van der Waals surface area (Å²) in [6.45, 7) is 2.65. The van der Waals surface area contributed by atoms with Crippen molar-refractivity contribution >= 4 is 32.6 Å². The maximum atomic E-state index is 13.2. The normalized spacial score (nSPS) is 11.8. The van der Waals surface area contributed by atoms with Gasteiger partial charge in [0.15, 0.2) is 21.0 Å². The van der Waals surface area contributed by atoms with Crippen LogP contribution >= 0.6 is 0 Å². The number of aryl methyl sites for hydroxylation is 1. The van der Waals surface area contributed by atoms with Gasteiger partial charge in [-0.25, -0.2) is 18.2 Å². The molecule has 1 amide bonds. The highest BCUT2D eigenvalue weighted by molar-refractivity contribution is 7.90. The molecule has 0 aliphatic rings. The van der Waals surface area contributed by atoms with E-state index >= 15 is 0 Å². The molecule has 1 N–H and O–H groups in total. The highest BCUT2D eigenvalue weighted by Gasteiger charge is 2.19. The molecule has 12 heteroatoms. The van der Waals surface area contributed by atoms with Gasteiger partial charge in [0.2, 0.25) is 0 Å². The van der Waals surface area contributed by atoms with Gasteiger partial charge in [-0.1, -0.05) is 6.92 Å². The van der Waals surface area contributed by atoms with E-state index < -0.39 is 21.1 Å². The van der Waals surface area contributed by atoms with Crippen LogP contribution in [0.1, 0.15) is 30.1 Å². The van der Waals surface area contributed by atoms with Gasteiger partial charge in [-0.2, -0.15) is 0 Å². The average Bonchev–Trinajstić information content (AvgIpc) is 3.24. The molecule has 0 fully saturated rings. The third-order valence-corrected chi connectivity index (χ3v) is 6.94. The molecule has 4 rings (SSSR count). The van der Waals surface area contributed by atoms with Gasteiger partial charge in [-0.05, 0) is 43.2 Å². The Balaban J connectivity index is 1.58. The number of carbonyl (C=O) groups excluding carboxylic acids is 1. The van der Waals surface area contributed by atoms with E-state index in [9.17, 15) is 22.8 Å². The van der Waals surface area contributed by atoms with Crippen LogP contribution in [0.25, 0.3) is 16.8 Å². The Kier molecular flexibility index (Phi) is 6.97. The van der Waals surface area contributed by atoms with E-state index in [2.05, 4.69) is 10.3 Å². The number of methoxy groups -OCH3 is 1. The summed E-state index contributed by atoms with van der Waals surface area (Å²) in [6, 6.07) is 9.07. The Morgan fingerprint density at radius 2 is 1.81 bits per heavy atom. The van der Waals surface area contributed by atoms with Crippen LogP contribution in [0.5, 0.6) is 5.75 Å². The van der Waals surface area contributed by atoms with E-state index in [1.54, 1.807) is 22.7 Å². The van der Waals surface area contributed by atoms with Crippen LogP contribution in [0, 0.1) is 0 Å². The van der Waals surface area contributed by atoms with Gasteiger partial charge in [0.05, 0.1) is 12.0 Å². The molecular weight excluding hydrogens is 486 g/mol. The number of amides is 1. The summed E-state index contributed by atoms with van der Waals surface area (Å²) in [7, 11) is -1.81. The highest BCUT2D eigenvalue weighted by Crippen LogP contribution is 2.18. The van der Waals surface area contributed by atoms with Crippen molar-refractivity contribution in [2.24, 2.45) is 0 Å². The molecular formula is C24H27N5O6S. The summed E-state index contributed by atoms with van der Waals surface area (Å²) >= 11 is 0. The molecule has 1 aromatic carbocycles. The Bertz CT molecular complexity index is 1670. The van der Waals surface area contributed by atoms with Crippen LogP contribution in [0.15, 0.2) is 57.1 Å². The second-order valence-corrected chi connectivity index (χ2v) is 10.4. The molecule has 0 radical (unpaired) electrons. The molecule has 0 atom stereocenters. The van der Waals surface area contributed by atoms with Gasteiger partial charge in [-0.15, -0.1) is 0 Å². The molecule has 0 aliphatic heterocycles. The van der Waals surface area contributed by atoms with Crippen molar-refractivity contribution in [3.63, 3.8) is 0 Å². The molecule has 0 spiro atoms. The third kappa shape index (κ3) is 4.76.